The molecule has 0 spiro atoms. The SMILES string of the molecule is CC(NCC1CCCC1C)c1cc2cc(Br)ccc2o1. The molecule has 0 amide bonds. The molecule has 1 aromatic carbocycles. The Morgan fingerprint density at radius 3 is 2.95 bits per heavy atom. The van der Waals surface area contributed by atoms with Crippen molar-refractivity contribution in [1.82, 2.24) is 5.32 Å². The Kier molecular flexibility index (Phi) is 4.18. The van der Waals surface area contributed by atoms with Gasteiger partial charge in [0.2, 0.25) is 0 Å². The number of hydrogen-bond donors (Lipinski definition) is 1. The Balaban J connectivity index is 1.67. The summed E-state index contributed by atoms with van der Waals surface area (Å²) in [6, 6.07) is 8.57. The fraction of sp³-hybridized carbons (Fsp3) is 0.529. The molecule has 2 aromatic rings. The van der Waals surface area contributed by atoms with Crippen LogP contribution in [0.4, 0.5) is 0 Å². The summed E-state index contributed by atoms with van der Waals surface area (Å²) in [5.74, 6) is 2.72. The highest BCUT2D eigenvalue weighted by Crippen LogP contribution is 2.31. The van der Waals surface area contributed by atoms with Crippen LogP contribution in [-0.2, 0) is 0 Å². The molecule has 2 nitrogen and oxygen atoms in total. The quantitative estimate of drug-likeness (QED) is 0.821. The number of hydrogen-bond acceptors (Lipinski definition) is 2. The van der Waals surface area contributed by atoms with Crippen LogP contribution in [0.5, 0.6) is 0 Å². The number of fused-ring (bicyclic) bond motifs is 1. The molecule has 3 atom stereocenters. The first kappa shape index (κ1) is 14.2. The van der Waals surface area contributed by atoms with E-state index in [1.165, 1.54) is 19.3 Å². The molecule has 0 aliphatic heterocycles. The Bertz CT molecular complexity index is 592. The highest BCUT2D eigenvalue weighted by molar-refractivity contribution is 9.10. The fourth-order valence-corrected chi connectivity index (χ4v) is 3.58. The van der Waals surface area contributed by atoms with E-state index in [-0.39, 0.29) is 6.04 Å². The number of halogens is 1. The molecule has 0 bridgehead atoms. The minimum Gasteiger partial charge on any atom is -0.459 e. The highest BCUT2D eigenvalue weighted by atomic mass is 79.9. The normalized spacial score (nSPS) is 24.4. The van der Waals surface area contributed by atoms with Crippen LogP contribution < -0.4 is 5.32 Å². The zero-order chi connectivity index (χ0) is 14.1. The van der Waals surface area contributed by atoms with E-state index >= 15 is 0 Å². The summed E-state index contributed by atoms with van der Waals surface area (Å²) in [6.07, 6.45) is 4.15. The molecule has 1 saturated carbocycles. The second-order valence-electron chi connectivity index (χ2n) is 6.13. The standard InChI is InChI=1S/C17H22BrNO/c1-11-4-3-5-13(11)10-19-12(2)17-9-14-8-15(18)6-7-16(14)20-17/h6-9,11-13,19H,3-5,10H2,1-2H3. The lowest BCUT2D eigenvalue weighted by atomic mass is 9.98. The van der Waals surface area contributed by atoms with Crippen molar-refractivity contribution in [3.63, 3.8) is 0 Å². The molecule has 108 valence electrons. The second-order valence-corrected chi connectivity index (χ2v) is 7.04. The van der Waals surface area contributed by atoms with Gasteiger partial charge in [0.05, 0.1) is 6.04 Å². The van der Waals surface area contributed by atoms with Gasteiger partial charge in [-0.1, -0.05) is 35.7 Å². The van der Waals surface area contributed by atoms with Crippen molar-refractivity contribution in [2.24, 2.45) is 11.8 Å². The summed E-state index contributed by atoms with van der Waals surface area (Å²) in [7, 11) is 0. The van der Waals surface area contributed by atoms with Crippen LogP contribution in [0.1, 0.15) is 44.9 Å². The molecule has 1 N–H and O–H groups in total. The molecule has 3 heteroatoms. The van der Waals surface area contributed by atoms with Crippen molar-refractivity contribution < 1.29 is 4.42 Å². The van der Waals surface area contributed by atoms with Gasteiger partial charge >= 0.3 is 0 Å². The van der Waals surface area contributed by atoms with Crippen molar-refractivity contribution in [1.29, 1.82) is 0 Å². The number of nitrogens with one attached hydrogen (secondary N) is 1. The minimum atomic E-state index is 0.272. The van der Waals surface area contributed by atoms with Crippen LogP contribution >= 0.6 is 15.9 Å². The third kappa shape index (κ3) is 2.94. The highest BCUT2D eigenvalue weighted by Gasteiger charge is 2.23. The van der Waals surface area contributed by atoms with Gasteiger partial charge in [0.1, 0.15) is 11.3 Å². The summed E-state index contributed by atoms with van der Waals surface area (Å²) in [5, 5.41) is 4.81. The van der Waals surface area contributed by atoms with E-state index in [4.69, 9.17) is 4.42 Å². The van der Waals surface area contributed by atoms with Gasteiger partial charge in [0.25, 0.3) is 0 Å². The molecule has 1 aliphatic carbocycles. The van der Waals surface area contributed by atoms with E-state index in [1.807, 2.05) is 12.1 Å². The first-order chi connectivity index (χ1) is 9.63. The Hall–Kier alpha value is -0.800. The molecule has 3 rings (SSSR count). The molecule has 1 heterocycles. The summed E-state index contributed by atoms with van der Waals surface area (Å²) in [6.45, 7) is 5.66. The zero-order valence-corrected chi connectivity index (χ0v) is 13.7. The first-order valence-corrected chi connectivity index (χ1v) is 8.35. The van der Waals surface area contributed by atoms with Crippen molar-refractivity contribution in [3.8, 4) is 0 Å². The number of rotatable bonds is 4. The first-order valence-electron chi connectivity index (χ1n) is 7.56. The average Bonchev–Trinajstić information content (AvgIpc) is 3.01. The third-order valence-corrected chi connectivity index (χ3v) is 5.14. The summed E-state index contributed by atoms with van der Waals surface area (Å²) in [5.41, 5.74) is 0.964. The number of benzene rings is 1. The summed E-state index contributed by atoms with van der Waals surface area (Å²) >= 11 is 3.50. The lowest BCUT2D eigenvalue weighted by Crippen LogP contribution is -2.26. The minimum absolute atomic E-state index is 0.272. The Morgan fingerprint density at radius 1 is 1.35 bits per heavy atom. The molecular weight excluding hydrogens is 314 g/mol. The Morgan fingerprint density at radius 2 is 2.20 bits per heavy atom. The van der Waals surface area contributed by atoms with Crippen LogP contribution in [0.15, 0.2) is 33.2 Å². The van der Waals surface area contributed by atoms with Crippen LogP contribution in [0, 0.1) is 11.8 Å². The Labute approximate surface area is 129 Å². The molecular formula is C17H22BrNO. The predicted octanol–water partition coefficient (Wildman–Crippen LogP) is 5.28. The molecule has 0 radical (unpaired) electrons. The van der Waals surface area contributed by atoms with Gasteiger partial charge in [-0.25, -0.2) is 0 Å². The van der Waals surface area contributed by atoms with E-state index in [0.717, 1.165) is 39.6 Å². The van der Waals surface area contributed by atoms with E-state index in [9.17, 15) is 0 Å². The monoisotopic (exact) mass is 335 g/mol. The van der Waals surface area contributed by atoms with E-state index in [1.54, 1.807) is 0 Å². The van der Waals surface area contributed by atoms with Gasteiger partial charge < -0.3 is 9.73 Å². The molecule has 20 heavy (non-hydrogen) atoms. The summed E-state index contributed by atoms with van der Waals surface area (Å²) in [4.78, 5) is 0. The van der Waals surface area contributed by atoms with Crippen LogP contribution in [0.3, 0.4) is 0 Å². The van der Waals surface area contributed by atoms with E-state index < -0.39 is 0 Å². The van der Waals surface area contributed by atoms with Crippen molar-refractivity contribution in [2.75, 3.05) is 6.54 Å². The van der Waals surface area contributed by atoms with E-state index in [2.05, 4.69) is 47.2 Å². The van der Waals surface area contributed by atoms with Gasteiger partial charge in [-0.3, -0.25) is 0 Å². The second kappa shape index (κ2) is 5.90. The number of furan rings is 1. The zero-order valence-electron chi connectivity index (χ0n) is 12.2. The van der Waals surface area contributed by atoms with Gasteiger partial charge in [-0.2, -0.15) is 0 Å². The van der Waals surface area contributed by atoms with Crippen molar-refractivity contribution in [3.05, 3.63) is 34.5 Å². The largest absolute Gasteiger partial charge is 0.459 e. The molecule has 0 saturated heterocycles. The van der Waals surface area contributed by atoms with Crippen LogP contribution in [0.2, 0.25) is 0 Å². The smallest absolute Gasteiger partial charge is 0.134 e. The lowest BCUT2D eigenvalue weighted by Gasteiger charge is -2.18. The fourth-order valence-electron chi connectivity index (χ4n) is 3.20. The molecule has 1 aliphatic rings. The maximum atomic E-state index is 5.94. The van der Waals surface area contributed by atoms with Crippen molar-refractivity contribution in [2.45, 2.75) is 39.2 Å². The molecule has 1 fully saturated rings. The molecule has 3 unspecified atom stereocenters. The van der Waals surface area contributed by atoms with Gasteiger partial charge in [-0.15, -0.1) is 0 Å². The van der Waals surface area contributed by atoms with Crippen molar-refractivity contribution >= 4 is 26.9 Å². The summed E-state index contributed by atoms with van der Waals surface area (Å²) < 4.78 is 7.04. The lowest BCUT2D eigenvalue weighted by molar-refractivity contribution is 0.357. The van der Waals surface area contributed by atoms with Crippen LogP contribution in [0.25, 0.3) is 11.0 Å². The molecule has 1 aromatic heterocycles. The topological polar surface area (TPSA) is 25.2 Å². The predicted molar refractivity (Wildman–Crippen MR) is 86.8 cm³/mol. The van der Waals surface area contributed by atoms with Gasteiger partial charge in [0, 0.05) is 9.86 Å². The maximum Gasteiger partial charge on any atom is 0.134 e. The average molecular weight is 336 g/mol. The van der Waals surface area contributed by atoms with E-state index in [0.29, 0.717) is 0 Å². The third-order valence-electron chi connectivity index (χ3n) is 4.65. The van der Waals surface area contributed by atoms with Gasteiger partial charge in [0.15, 0.2) is 0 Å². The maximum absolute atomic E-state index is 5.94. The van der Waals surface area contributed by atoms with Gasteiger partial charge in [-0.05, 0) is 56.0 Å². The van der Waals surface area contributed by atoms with Crippen LogP contribution in [-0.4, -0.2) is 6.54 Å².